The van der Waals surface area contributed by atoms with Crippen molar-refractivity contribution in [3.63, 3.8) is 0 Å². The van der Waals surface area contributed by atoms with Crippen molar-refractivity contribution in [2.24, 2.45) is 0 Å². The zero-order valence-electron chi connectivity index (χ0n) is 29.5. The molecule has 0 aliphatic carbocycles. The van der Waals surface area contributed by atoms with Crippen LogP contribution in [0.4, 0.5) is 0 Å². The second kappa shape index (κ2) is 11.8. The molecule has 0 N–H and O–H groups in total. The van der Waals surface area contributed by atoms with E-state index in [1.54, 1.807) is 0 Å². The molecule has 0 bridgehead atoms. The van der Waals surface area contributed by atoms with E-state index in [1.807, 2.05) is 36.4 Å². The van der Waals surface area contributed by atoms with Crippen molar-refractivity contribution in [2.75, 3.05) is 0 Å². The van der Waals surface area contributed by atoms with E-state index < -0.39 is 0 Å². The quantitative estimate of drug-likeness (QED) is 0.184. The third-order valence-electron chi connectivity index (χ3n) is 11.1. The minimum absolute atomic E-state index is 0.597. The molecule has 3 heterocycles. The predicted molar refractivity (Wildman–Crippen MR) is 224 cm³/mol. The standard InChI is InChI=1S/C50H29N5/c51-30-32-26-27-48-41(28-32)39-17-4-5-20-43(39)53(48)34-13-9-12-33(29-34)35-18-10-24-47(42(35)31-52)55-46-23-8-3-16-38(46)40-19-11-25-49(50(40)55)54-44-21-6-1-14-36(44)37-15-2-7-22-45(37)54/h1-29H. The molecule has 5 nitrogen and oxygen atoms in total. The van der Waals surface area contributed by atoms with Crippen molar-refractivity contribution in [2.45, 2.75) is 0 Å². The monoisotopic (exact) mass is 699 g/mol. The number of nitrogens with zero attached hydrogens (tertiary/aromatic N) is 5. The number of rotatable bonds is 4. The molecule has 0 fully saturated rings. The van der Waals surface area contributed by atoms with Crippen LogP contribution in [-0.2, 0) is 0 Å². The Balaban J connectivity index is 1.17. The van der Waals surface area contributed by atoms with Crippen LogP contribution in [0, 0.1) is 22.7 Å². The van der Waals surface area contributed by atoms with E-state index in [4.69, 9.17) is 0 Å². The minimum atomic E-state index is 0.597. The molecule has 0 aliphatic heterocycles. The topological polar surface area (TPSA) is 62.4 Å². The van der Waals surface area contributed by atoms with Crippen molar-refractivity contribution < 1.29 is 0 Å². The highest BCUT2D eigenvalue weighted by Gasteiger charge is 2.22. The van der Waals surface area contributed by atoms with Crippen molar-refractivity contribution >= 4 is 65.4 Å². The van der Waals surface area contributed by atoms with Gasteiger partial charge in [0.25, 0.3) is 0 Å². The van der Waals surface area contributed by atoms with Gasteiger partial charge in [0.05, 0.1) is 61.7 Å². The normalized spacial score (nSPS) is 11.6. The maximum Gasteiger partial charge on any atom is 0.102 e. The molecule has 0 saturated heterocycles. The highest BCUT2D eigenvalue weighted by Crippen LogP contribution is 2.41. The maximum atomic E-state index is 11.1. The third-order valence-corrected chi connectivity index (χ3v) is 11.1. The van der Waals surface area contributed by atoms with Crippen LogP contribution in [0.1, 0.15) is 11.1 Å². The highest BCUT2D eigenvalue weighted by atomic mass is 15.1. The largest absolute Gasteiger partial charge is 0.309 e. The number of fused-ring (bicyclic) bond motifs is 9. The van der Waals surface area contributed by atoms with E-state index in [9.17, 15) is 10.5 Å². The summed E-state index contributed by atoms with van der Waals surface area (Å²) in [5, 5.41) is 27.6. The maximum absolute atomic E-state index is 11.1. The molecule has 254 valence electrons. The SMILES string of the molecule is N#Cc1ccc2c(c1)c1ccccc1n2-c1cccc(-c2cccc(-n3c4ccccc4c4cccc(-n5c6ccccc6c6ccccc65)c43)c2C#N)c1. The summed E-state index contributed by atoms with van der Waals surface area (Å²) in [4.78, 5) is 0. The first-order chi connectivity index (χ1) is 27.2. The van der Waals surface area contributed by atoms with Crippen LogP contribution in [0.25, 0.3) is 93.6 Å². The molecule has 5 heteroatoms. The lowest BCUT2D eigenvalue weighted by Crippen LogP contribution is -2.03. The van der Waals surface area contributed by atoms with Gasteiger partial charge in [0.15, 0.2) is 0 Å². The van der Waals surface area contributed by atoms with Crippen LogP contribution < -0.4 is 0 Å². The second-order valence-corrected chi connectivity index (χ2v) is 14.0. The Hall–Kier alpha value is -7.86. The van der Waals surface area contributed by atoms with Crippen molar-refractivity contribution in [1.29, 1.82) is 10.5 Å². The Morgan fingerprint density at radius 3 is 1.56 bits per heavy atom. The molecule has 55 heavy (non-hydrogen) atoms. The van der Waals surface area contributed by atoms with Gasteiger partial charge in [0.2, 0.25) is 0 Å². The summed E-state index contributed by atoms with van der Waals surface area (Å²) in [6, 6.07) is 65.9. The summed E-state index contributed by atoms with van der Waals surface area (Å²) in [5.41, 5.74) is 12.3. The van der Waals surface area contributed by atoms with E-state index in [1.165, 1.54) is 10.8 Å². The van der Waals surface area contributed by atoms with Gasteiger partial charge in [0, 0.05) is 43.6 Å². The zero-order valence-corrected chi connectivity index (χ0v) is 29.5. The van der Waals surface area contributed by atoms with Crippen LogP contribution in [0.2, 0.25) is 0 Å². The van der Waals surface area contributed by atoms with Gasteiger partial charge in [-0.3, -0.25) is 0 Å². The lowest BCUT2D eigenvalue weighted by molar-refractivity contribution is 1.12. The van der Waals surface area contributed by atoms with Gasteiger partial charge in [-0.05, 0) is 72.3 Å². The number of aromatic nitrogens is 3. The molecule has 0 amide bonds. The third kappa shape index (κ3) is 4.39. The van der Waals surface area contributed by atoms with Gasteiger partial charge in [-0.15, -0.1) is 0 Å². The minimum Gasteiger partial charge on any atom is -0.309 e. The molecule has 0 saturated carbocycles. The van der Waals surface area contributed by atoms with Gasteiger partial charge in [0.1, 0.15) is 6.07 Å². The first kappa shape index (κ1) is 30.7. The predicted octanol–water partition coefficient (Wildman–Crippen LogP) is 12.4. The van der Waals surface area contributed by atoms with Crippen molar-refractivity contribution in [3.8, 4) is 40.3 Å². The molecule has 8 aromatic carbocycles. The van der Waals surface area contributed by atoms with Gasteiger partial charge >= 0.3 is 0 Å². The number of benzene rings is 8. The lowest BCUT2D eigenvalue weighted by atomic mass is 9.98. The molecule has 0 radical (unpaired) electrons. The first-order valence-corrected chi connectivity index (χ1v) is 18.3. The Kier molecular flexibility index (Phi) is 6.61. The fraction of sp³-hybridized carbons (Fsp3) is 0. The molecule has 3 aromatic heterocycles. The smallest absolute Gasteiger partial charge is 0.102 e. The molecule has 0 atom stereocenters. The van der Waals surface area contributed by atoms with Crippen molar-refractivity contribution in [1.82, 2.24) is 13.7 Å². The van der Waals surface area contributed by atoms with Gasteiger partial charge in [-0.2, -0.15) is 10.5 Å². The Morgan fingerprint density at radius 2 is 0.891 bits per heavy atom. The molecule has 0 unspecified atom stereocenters. The summed E-state index contributed by atoms with van der Waals surface area (Å²) in [6.45, 7) is 0. The van der Waals surface area contributed by atoms with Crippen LogP contribution in [-0.4, -0.2) is 13.7 Å². The second-order valence-electron chi connectivity index (χ2n) is 14.0. The molecule has 0 spiro atoms. The molecular formula is C50H29N5. The zero-order chi connectivity index (χ0) is 36.6. The van der Waals surface area contributed by atoms with Gasteiger partial charge < -0.3 is 13.7 Å². The van der Waals surface area contributed by atoms with Crippen LogP contribution in [0.3, 0.4) is 0 Å². The fourth-order valence-electron chi connectivity index (χ4n) is 8.83. The fourth-order valence-corrected chi connectivity index (χ4v) is 8.83. The Morgan fingerprint density at radius 1 is 0.364 bits per heavy atom. The highest BCUT2D eigenvalue weighted by molar-refractivity contribution is 6.15. The van der Waals surface area contributed by atoms with Crippen LogP contribution in [0.5, 0.6) is 0 Å². The number of nitriles is 2. The average Bonchev–Trinajstić information content (AvgIpc) is 3.89. The van der Waals surface area contributed by atoms with Crippen LogP contribution in [0.15, 0.2) is 176 Å². The van der Waals surface area contributed by atoms with Crippen LogP contribution >= 0.6 is 0 Å². The Bertz CT molecular complexity index is 3420. The number of hydrogen-bond acceptors (Lipinski definition) is 2. The summed E-state index contributed by atoms with van der Waals surface area (Å²) < 4.78 is 6.90. The van der Waals surface area contributed by atoms with Crippen molar-refractivity contribution in [3.05, 3.63) is 187 Å². The van der Waals surface area contributed by atoms with E-state index in [0.717, 1.165) is 82.8 Å². The first-order valence-electron chi connectivity index (χ1n) is 18.3. The van der Waals surface area contributed by atoms with Gasteiger partial charge in [-0.25, -0.2) is 0 Å². The van der Waals surface area contributed by atoms with E-state index in [2.05, 4.69) is 165 Å². The van der Waals surface area contributed by atoms with Gasteiger partial charge in [-0.1, -0.05) is 109 Å². The number of para-hydroxylation sites is 5. The summed E-state index contributed by atoms with van der Waals surface area (Å²) >= 11 is 0. The molecule has 11 aromatic rings. The molecular weight excluding hydrogens is 671 g/mol. The van der Waals surface area contributed by atoms with E-state index in [-0.39, 0.29) is 0 Å². The summed E-state index contributed by atoms with van der Waals surface area (Å²) in [7, 11) is 0. The molecule has 0 aliphatic rings. The van der Waals surface area contributed by atoms with E-state index in [0.29, 0.717) is 11.1 Å². The van der Waals surface area contributed by atoms with E-state index >= 15 is 0 Å². The Labute approximate surface area is 316 Å². The lowest BCUT2D eigenvalue weighted by Gasteiger charge is -2.17. The summed E-state index contributed by atoms with van der Waals surface area (Å²) in [6.07, 6.45) is 0. The summed E-state index contributed by atoms with van der Waals surface area (Å²) in [5.74, 6) is 0. The number of hydrogen-bond donors (Lipinski definition) is 0. The molecule has 11 rings (SSSR count). The average molecular weight is 700 g/mol.